The number of allylic oxidation sites excluding steroid dienone is 3. The Hall–Kier alpha value is -1.66. The minimum atomic E-state index is -0.844. The van der Waals surface area contributed by atoms with Gasteiger partial charge < -0.3 is 20.3 Å². The summed E-state index contributed by atoms with van der Waals surface area (Å²) >= 11 is 0. The van der Waals surface area contributed by atoms with Crippen molar-refractivity contribution < 1.29 is 24.5 Å². The Morgan fingerprint density at radius 2 is 0.618 bits per heavy atom. The number of carbonyl (C=O) groups excluding carboxylic acids is 2. The lowest BCUT2D eigenvalue weighted by Gasteiger charge is -2.20. The Morgan fingerprint density at radius 3 is 0.934 bits per heavy atom. The van der Waals surface area contributed by atoms with Crippen molar-refractivity contribution in [3.05, 3.63) is 24.3 Å². The number of hydrogen-bond acceptors (Lipinski definition) is 5. The molecule has 0 aromatic heterocycles. The van der Waals surface area contributed by atoms with Crippen molar-refractivity contribution in [3.63, 3.8) is 0 Å². The van der Waals surface area contributed by atoms with Gasteiger partial charge in [0.05, 0.1) is 25.4 Å². The molecule has 0 saturated heterocycles. The number of aliphatic hydroxyl groups is 2. The van der Waals surface area contributed by atoms with Crippen LogP contribution in [0.2, 0.25) is 0 Å². The van der Waals surface area contributed by atoms with Gasteiger partial charge in [0.1, 0.15) is 0 Å². The summed E-state index contributed by atoms with van der Waals surface area (Å²) in [5.74, 6) is -0.0511. The zero-order valence-electron chi connectivity index (χ0n) is 51.5. The van der Waals surface area contributed by atoms with Crippen molar-refractivity contribution in [1.29, 1.82) is 0 Å². The summed E-state index contributed by atoms with van der Waals surface area (Å²) in [5, 5.41) is 23.2. The lowest BCUT2D eigenvalue weighted by molar-refractivity contribution is -0.143. The molecule has 6 nitrogen and oxygen atoms in total. The molecule has 0 heterocycles. The minimum absolute atomic E-state index is 0.0124. The van der Waals surface area contributed by atoms with E-state index in [-0.39, 0.29) is 18.5 Å². The van der Waals surface area contributed by atoms with Crippen LogP contribution in [0, 0.1) is 0 Å². The summed E-state index contributed by atoms with van der Waals surface area (Å²) in [7, 11) is 0. The molecule has 2 atom stereocenters. The standard InChI is InChI=1S/C70H135NO5/c1-3-5-7-9-11-13-15-17-19-21-31-34-38-42-46-50-54-58-62-68(73)67(66-72)71-69(74)63-59-55-51-47-43-39-35-32-28-26-24-22-23-25-27-29-33-37-41-45-49-53-57-61-65-76-70(75)64-60-56-52-48-44-40-36-30-20-18-16-14-12-10-8-6-4-2/h18,20,58,62,67-68,72-73H,3-17,19,21-57,59-61,63-66H2,1-2H3,(H,71,74)/b20-18-,62-58+. The number of unbranched alkanes of at least 4 members (excludes halogenated alkanes) is 52. The first-order valence-electron chi connectivity index (χ1n) is 34.6. The molecule has 0 bridgehead atoms. The quantitative estimate of drug-likeness (QED) is 0.0320. The fourth-order valence-corrected chi connectivity index (χ4v) is 10.9. The summed E-state index contributed by atoms with van der Waals surface area (Å²) in [6.07, 6.45) is 82.4. The van der Waals surface area contributed by atoms with Crippen LogP contribution in [-0.4, -0.2) is 47.4 Å². The third-order valence-electron chi connectivity index (χ3n) is 16.2. The van der Waals surface area contributed by atoms with Gasteiger partial charge >= 0.3 is 5.97 Å². The largest absolute Gasteiger partial charge is 0.466 e. The number of nitrogens with one attached hydrogen (secondary N) is 1. The number of amides is 1. The van der Waals surface area contributed by atoms with Gasteiger partial charge in [-0.15, -0.1) is 0 Å². The third-order valence-corrected chi connectivity index (χ3v) is 16.2. The lowest BCUT2D eigenvalue weighted by Crippen LogP contribution is -2.45. The van der Waals surface area contributed by atoms with E-state index in [1.54, 1.807) is 6.08 Å². The minimum Gasteiger partial charge on any atom is -0.466 e. The molecule has 450 valence electrons. The Kier molecular flexibility index (Phi) is 64.4. The van der Waals surface area contributed by atoms with E-state index in [1.165, 1.54) is 315 Å². The lowest BCUT2D eigenvalue weighted by atomic mass is 10.0. The highest BCUT2D eigenvalue weighted by Crippen LogP contribution is 2.19. The van der Waals surface area contributed by atoms with Crippen molar-refractivity contribution in [2.45, 2.75) is 398 Å². The first kappa shape index (κ1) is 74.3. The molecule has 2 unspecified atom stereocenters. The van der Waals surface area contributed by atoms with Crippen LogP contribution in [0.1, 0.15) is 386 Å². The molecule has 1 amide bonds. The average Bonchev–Trinajstić information content (AvgIpc) is 3.42. The van der Waals surface area contributed by atoms with Crippen LogP contribution in [-0.2, 0) is 14.3 Å². The second-order valence-electron chi connectivity index (χ2n) is 23.9. The Labute approximate surface area is 475 Å². The van der Waals surface area contributed by atoms with E-state index in [4.69, 9.17) is 4.74 Å². The molecular weight excluding hydrogens is 935 g/mol. The first-order chi connectivity index (χ1) is 37.5. The van der Waals surface area contributed by atoms with Crippen molar-refractivity contribution in [2.75, 3.05) is 13.2 Å². The van der Waals surface area contributed by atoms with Crippen molar-refractivity contribution in [1.82, 2.24) is 5.32 Å². The molecule has 0 spiro atoms. The molecule has 0 saturated carbocycles. The van der Waals surface area contributed by atoms with Gasteiger partial charge in [0.25, 0.3) is 0 Å². The zero-order valence-corrected chi connectivity index (χ0v) is 51.5. The predicted molar refractivity (Wildman–Crippen MR) is 333 cm³/mol. The van der Waals surface area contributed by atoms with Crippen LogP contribution in [0.25, 0.3) is 0 Å². The number of esters is 1. The van der Waals surface area contributed by atoms with Gasteiger partial charge in [-0.05, 0) is 57.8 Å². The number of aliphatic hydroxyl groups excluding tert-OH is 2. The summed E-state index contributed by atoms with van der Waals surface area (Å²) in [6, 6.07) is -0.627. The molecule has 0 aromatic rings. The molecule has 0 aliphatic carbocycles. The van der Waals surface area contributed by atoms with Gasteiger partial charge in [-0.25, -0.2) is 0 Å². The van der Waals surface area contributed by atoms with Crippen LogP contribution in [0.4, 0.5) is 0 Å². The van der Waals surface area contributed by atoms with Crippen molar-refractivity contribution in [3.8, 4) is 0 Å². The molecule has 0 rings (SSSR count). The number of hydrogen-bond donors (Lipinski definition) is 3. The molecule has 76 heavy (non-hydrogen) atoms. The maximum absolute atomic E-state index is 12.5. The summed E-state index contributed by atoms with van der Waals surface area (Å²) < 4.78 is 5.50. The van der Waals surface area contributed by atoms with Crippen molar-refractivity contribution >= 4 is 11.9 Å². The second-order valence-corrected chi connectivity index (χ2v) is 23.9. The SMILES string of the molecule is CCCCCCCC/C=C\CCCCCCCCCC(=O)OCCCCCCCCCCCCCCCCCCCCCCCCCCC(=O)NC(CO)C(O)/C=C/CCCCCCCCCCCCCCCCCC. The Balaban J connectivity index is 3.38. The molecule has 0 aliphatic heterocycles. The summed E-state index contributed by atoms with van der Waals surface area (Å²) in [4.78, 5) is 24.6. The zero-order chi connectivity index (χ0) is 55.0. The Morgan fingerprint density at radius 1 is 0.355 bits per heavy atom. The summed E-state index contributed by atoms with van der Waals surface area (Å²) in [5.41, 5.74) is 0. The molecule has 0 aromatic carbocycles. The van der Waals surface area contributed by atoms with Gasteiger partial charge in [0, 0.05) is 12.8 Å². The van der Waals surface area contributed by atoms with E-state index in [0.29, 0.717) is 19.4 Å². The van der Waals surface area contributed by atoms with Gasteiger partial charge in [0.2, 0.25) is 5.91 Å². The van der Waals surface area contributed by atoms with Crippen LogP contribution in [0.3, 0.4) is 0 Å². The smallest absolute Gasteiger partial charge is 0.305 e. The van der Waals surface area contributed by atoms with Crippen LogP contribution < -0.4 is 5.32 Å². The number of ether oxygens (including phenoxy) is 1. The first-order valence-corrected chi connectivity index (χ1v) is 34.6. The van der Waals surface area contributed by atoms with Gasteiger partial charge in [-0.2, -0.15) is 0 Å². The second kappa shape index (κ2) is 65.9. The molecule has 0 radical (unpaired) electrons. The van der Waals surface area contributed by atoms with Crippen molar-refractivity contribution in [2.24, 2.45) is 0 Å². The van der Waals surface area contributed by atoms with E-state index < -0.39 is 12.1 Å². The van der Waals surface area contributed by atoms with E-state index >= 15 is 0 Å². The van der Waals surface area contributed by atoms with Crippen LogP contribution in [0.15, 0.2) is 24.3 Å². The van der Waals surface area contributed by atoms with E-state index in [1.807, 2.05) is 6.08 Å². The van der Waals surface area contributed by atoms with Gasteiger partial charge in [-0.1, -0.05) is 340 Å². The van der Waals surface area contributed by atoms with Gasteiger partial charge in [0.15, 0.2) is 0 Å². The predicted octanol–water partition coefficient (Wildman–Crippen LogP) is 22.1. The number of rotatable bonds is 65. The third kappa shape index (κ3) is 61.6. The molecule has 0 aliphatic rings. The normalized spacial score (nSPS) is 12.6. The number of carbonyl (C=O) groups is 2. The molecule has 0 fully saturated rings. The average molecular weight is 1070 g/mol. The highest BCUT2D eigenvalue weighted by Gasteiger charge is 2.18. The van der Waals surface area contributed by atoms with E-state index in [0.717, 1.165) is 44.9 Å². The van der Waals surface area contributed by atoms with Gasteiger partial charge in [-0.3, -0.25) is 9.59 Å². The van der Waals surface area contributed by atoms with E-state index in [9.17, 15) is 19.8 Å². The highest BCUT2D eigenvalue weighted by molar-refractivity contribution is 5.76. The van der Waals surface area contributed by atoms with Crippen LogP contribution >= 0.6 is 0 Å². The molecular formula is C70H135NO5. The molecule has 3 N–H and O–H groups in total. The molecule has 6 heteroatoms. The fraction of sp³-hybridized carbons (Fsp3) is 0.914. The highest BCUT2D eigenvalue weighted by atomic mass is 16.5. The van der Waals surface area contributed by atoms with Crippen LogP contribution in [0.5, 0.6) is 0 Å². The summed E-state index contributed by atoms with van der Waals surface area (Å²) in [6.45, 7) is 4.93. The fourth-order valence-electron chi connectivity index (χ4n) is 10.9. The van der Waals surface area contributed by atoms with E-state index in [2.05, 4.69) is 31.3 Å². The topological polar surface area (TPSA) is 95.9 Å². The monoisotopic (exact) mass is 1070 g/mol. The maximum atomic E-state index is 12.5. The Bertz CT molecular complexity index is 1190. The maximum Gasteiger partial charge on any atom is 0.305 e.